The van der Waals surface area contributed by atoms with Crippen LogP contribution >= 0.6 is 0 Å². The summed E-state index contributed by atoms with van der Waals surface area (Å²) in [5, 5.41) is 9.24. The molecule has 0 aliphatic rings. The SMILES string of the molecule is Cc1cccc(C)c1-n1cc2c(=O)[nH]c(-c3ccn(C)n3)nc2n1. The number of fused-ring (bicyclic) bond motifs is 1. The Kier molecular flexibility index (Phi) is 3.09. The highest BCUT2D eigenvalue weighted by atomic mass is 16.1. The number of hydrogen-bond acceptors (Lipinski definition) is 4. The Morgan fingerprint density at radius 2 is 1.83 bits per heavy atom. The Hall–Kier alpha value is -3.22. The summed E-state index contributed by atoms with van der Waals surface area (Å²) in [6, 6.07) is 7.84. The first-order chi connectivity index (χ1) is 11.5. The van der Waals surface area contributed by atoms with Crippen LogP contribution in [0.2, 0.25) is 0 Å². The molecule has 1 N–H and O–H groups in total. The minimum atomic E-state index is -0.224. The van der Waals surface area contributed by atoms with Gasteiger partial charge in [0.15, 0.2) is 11.5 Å². The van der Waals surface area contributed by atoms with E-state index in [1.807, 2.05) is 39.1 Å². The summed E-state index contributed by atoms with van der Waals surface area (Å²) in [5.74, 6) is 0.417. The van der Waals surface area contributed by atoms with Gasteiger partial charge in [-0.05, 0) is 31.0 Å². The van der Waals surface area contributed by atoms with Crippen molar-refractivity contribution in [3.05, 3.63) is 58.1 Å². The van der Waals surface area contributed by atoms with Crippen LogP contribution < -0.4 is 5.56 Å². The summed E-state index contributed by atoms with van der Waals surface area (Å²) < 4.78 is 3.38. The lowest BCUT2D eigenvalue weighted by Crippen LogP contribution is -2.08. The maximum absolute atomic E-state index is 12.4. The molecule has 1 aromatic carbocycles. The van der Waals surface area contributed by atoms with Crippen LogP contribution in [0.1, 0.15) is 11.1 Å². The minimum absolute atomic E-state index is 0.224. The number of para-hydroxylation sites is 1. The number of hydrogen-bond donors (Lipinski definition) is 1. The number of H-pyrrole nitrogens is 1. The number of benzene rings is 1. The number of rotatable bonds is 2. The molecule has 7 nitrogen and oxygen atoms in total. The van der Waals surface area contributed by atoms with Crippen LogP contribution in [-0.2, 0) is 7.05 Å². The van der Waals surface area contributed by atoms with E-state index >= 15 is 0 Å². The van der Waals surface area contributed by atoms with Crippen molar-refractivity contribution in [2.24, 2.45) is 7.05 Å². The van der Waals surface area contributed by atoms with E-state index in [0.717, 1.165) is 16.8 Å². The summed E-state index contributed by atoms with van der Waals surface area (Å²) in [4.78, 5) is 19.7. The van der Waals surface area contributed by atoms with Crippen LogP contribution in [0.3, 0.4) is 0 Å². The zero-order chi connectivity index (χ0) is 16.8. The Labute approximate surface area is 137 Å². The van der Waals surface area contributed by atoms with Crippen LogP contribution in [0.5, 0.6) is 0 Å². The molecule has 0 amide bonds. The first-order valence-electron chi connectivity index (χ1n) is 7.59. The van der Waals surface area contributed by atoms with E-state index in [-0.39, 0.29) is 5.56 Å². The fraction of sp³-hybridized carbons (Fsp3) is 0.176. The fourth-order valence-electron chi connectivity index (χ4n) is 2.86. The molecule has 120 valence electrons. The Morgan fingerprint density at radius 3 is 2.50 bits per heavy atom. The molecule has 0 spiro atoms. The van der Waals surface area contributed by atoms with Gasteiger partial charge in [-0.15, -0.1) is 5.10 Å². The highest BCUT2D eigenvalue weighted by Gasteiger charge is 2.14. The molecule has 3 heterocycles. The van der Waals surface area contributed by atoms with Gasteiger partial charge in [0.25, 0.3) is 5.56 Å². The van der Waals surface area contributed by atoms with Gasteiger partial charge < -0.3 is 4.98 Å². The molecule has 3 aromatic heterocycles. The average Bonchev–Trinajstić information content (AvgIpc) is 3.13. The molecule has 0 aliphatic carbocycles. The second-order valence-corrected chi connectivity index (χ2v) is 5.84. The molecule has 7 heteroatoms. The standard InChI is InChI=1S/C17H16N6O/c1-10-5-4-6-11(2)14(10)23-9-12-15(21-23)18-16(19-17(12)24)13-7-8-22(3)20-13/h4-9H,1-3H3,(H,18,19,21,24). The van der Waals surface area contributed by atoms with Gasteiger partial charge in [-0.1, -0.05) is 18.2 Å². The van der Waals surface area contributed by atoms with Gasteiger partial charge in [0.05, 0.1) is 5.69 Å². The summed E-state index contributed by atoms with van der Waals surface area (Å²) in [6.45, 7) is 4.04. The van der Waals surface area contributed by atoms with E-state index in [2.05, 4.69) is 20.2 Å². The largest absolute Gasteiger partial charge is 0.304 e. The smallest absolute Gasteiger partial charge is 0.262 e. The Balaban J connectivity index is 1.93. The highest BCUT2D eigenvalue weighted by Crippen LogP contribution is 2.20. The van der Waals surface area contributed by atoms with Gasteiger partial charge in [0, 0.05) is 19.4 Å². The highest BCUT2D eigenvalue weighted by molar-refractivity contribution is 5.75. The van der Waals surface area contributed by atoms with Gasteiger partial charge in [-0.3, -0.25) is 9.48 Å². The van der Waals surface area contributed by atoms with Gasteiger partial charge in [0.1, 0.15) is 11.1 Å². The number of aryl methyl sites for hydroxylation is 3. The van der Waals surface area contributed by atoms with Crippen molar-refractivity contribution in [2.75, 3.05) is 0 Å². The first kappa shape index (κ1) is 14.4. The van der Waals surface area contributed by atoms with Crippen molar-refractivity contribution < 1.29 is 0 Å². The third-order valence-corrected chi connectivity index (χ3v) is 4.01. The van der Waals surface area contributed by atoms with Crippen molar-refractivity contribution >= 4 is 11.0 Å². The molecule has 0 bridgehead atoms. The zero-order valence-corrected chi connectivity index (χ0v) is 13.6. The molecule has 0 fully saturated rings. The summed E-state index contributed by atoms with van der Waals surface area (Å²) in [5.41, 5.74) is 3.93. The zero-order valence-electron chi connectivity index (χ0n) is 13.6. The fourth-order valence-corrected chi connectivity index (χ4v) is 2.86. The first-order valence-corrected chi connectivity index (χ1v) is 7.59. The van der Waals surface area contributed by atoms with Crippen molar-refractivity contribution in [1.29, 1.82) is 0 Å². The van der Waals surface area contributed by atoms with Crippen molar-refractivity contribution in [1.82, 2.24) is 29.5 Å². The monoisotopic (exact) mass is 320 g/mol. The third kappa shape index (κ3) is 2.21. The van der Waals surface area contributed by atoms with Gasteiger partial charge in [0.2, 0.25) is 0 Å². The predicted molar refractivity (Wildman–Crippen MR) is 91.2 cm³/mol. The van der Waals surface area contributed by atoms with Crippen molar-refractivity contribution in [2.45, 2.75) is 13.8 Å². The Bertz CT molecular complexity index is 1100. The number of nitrogens with one attached hydrogen (secondary N) is 1. The molecule has 4 rings (SSSR count). The van der Waals surface area contributed by atoms with E-state index in [4.69, 9.17) is 0 Å². The lowest BCUT2D eigenvalue weighted by Gasteiger charge is -2.08. The summed E-state index contributed by atoms with van der Waals surface area (Å²) in [6.07, 6.45) is 3.52. The molecule has 0 radical (unpaired) electrons. The number of nitrogens with zero attached hydrogens (tertiary/aromatic N) is 5. The molecular weight excluding hydrogens is 304 g/mol. The average molecular weight is 320 g/mol. The number of aromatic amines is 1. The van der Waals surface area contributed by atoms with Crippen LogP contribution in [0.25, 0.3) is 28.2 Å². The van der Waals surface area contributed by atoms with Crippen LogP contribution in [-0.4, -0.2) is 29.5 Å². The van der Waals surface area contributed by atoms with Crippen LogP contribution in [0.4, 0.5) is 0 Å². The van der Waals surface area contributed by atoms with Gasteiger partial charge >= 0.3 is 0 Å². The van der Waals surface area contributed by atoms with E-state index in [0.29, 0.717) is 22.6 Å². The van der Waals surface area contributed by atoms with Crippen LogP contribution in [0.15, 0.2) is 41.5 Å². The van der Waals surface area contributed by atoms with E-state index in [1.54, 1.807) is 27.8 Å². The third-order valence-electron chi connectivity index (χ3n) is 4.01. The van der Waals surface area contributed by atoms with Crippen molar-refractivity contribution in [3.8, 4) is 17.2 Å². The van der Waals surface area contributed by atoms with Gasteiger partial charge in [-0.25, -0.2) is 9.67 Å². The molecule has 24 heavy (non-hydrogen) atoms. The minimum Gasteiger partial charge on any atom is -0.304 e. The van der Waals surface area contributed by atoms with E-state index < -0.39 is 0 Å². The second kappa shape index (κ2) is 5.16. The molecule has 0 aliphatic heterocycles. The Morgan fingerprint density at radius 1 is 1.08 bits per heavy atom. The summed E-state index contributed by atoms with van der Waals surface area (Å²) in [7, 11) is 1.82. The maximum atomic E-state index is 12.4. The molecular formula is C17H16N6O. The quantitative estimate of drug-likeness (QED) is 0.613. The van der Waals surface area contributed by atoms with Crippen LogP contribution in [0, 0.1) is 13.8 Å². The van der Waals surface area contributed by atoms with E-state index in [9.17, 15) is 4.79 Å². The second-order valence-electron chi connectivity index (χ2n) is 5.84. The van der Waals surface area contributed by atoms with Gasteiger partial charge in [-0.2, -0.15) is 5.10 Å². The lowest BCUT2D eigenvalue weighted by molar-refractivity contribution is 0.768. The molecule has 4 aromatic rings. The molecule has 0 saturated heterocycles. The summed E-state index contributed by atoms with van der Waals surface area (Å²) >= 11 is 0. The molecule has 0 atom stereocenters. The molecule has 0 saturated carbocycles. The molecule has 0 unspecified atom stereocenters. The normalized spacial score (nSPS) is 11.3. The van der Waals surface area contributed by atoms with Crippen molar-refractivity contribution in [3.63, 3.8) is 0 Å². The predicted octanol–water partition coefficient (Wildman–Crippen LogP) is 2.13. The lowest BCUT2D eigenvalue weighted by atomic mass is 10.1. The maximum Gasteiger partial charge on any atom is 0.262 e. The number of aromatic nitrogens is 6. The topological polar surface area (TPSA) is 81.4 Å². The van der Waals surface area contributed by atoms with E-state index in [1.165, 1.54) is 0 Å².